The minimum Gasteiger partial charge on any atom is -0.412 e. The Balaban J connectivity index is 1.44. The van der Waals surface area contributed by atoms with Crippen LogP contribution in [-0.2, 0) is 6.42 Å². The summed E-state index contributed by atoms with van der Waals surface area (Å²) in [4.78, 5) is 23.0. The molecule has 1 aliphatic heterocycles. The molecule has 0 spiro atoms. The Morgan fingerprint density at radius 1 is 1.15 bits per heavy atom. The van der Waals surface area contributed by atoms with Crippen LogP contribution >= 0.6 is 0 Å². The van der Waals surface area contributed by atoms with Crippen molar-refractivity contribution in [3.8, 4) is 11.5 Å². The molecule has 0 aliphatic carbocycles. The predicted octanol–water partition coefficient (Wildman–Crippen LogP) is 2.76. The van der Waals surface area contributed by atoms with Gasteiger partial charge < -0.3 is 9.32 Å². The van der Waals surface area contributed by atoms with Gasteiger partial charge in [-0.2, -0.15) is 0 Å². The maximum absolute atomic E-state index is 12.8. The average Bonchev–Trinajstić information content (AvgIpc) is 3.37. The average molecular weight is 349 g/mol. The Bertz CT molecular complexity index is 866. The minimum atomic E-state index is -0.193. The summed E-state index contributed by atoms with van der Waals surface area (Å²) in [5.74, 6) is 0.183. The van der Waals surface area contributed by atoms with Gasteiger partial charge in [0.25, 0.3) is 0 Å². The van der Waals surface area contributed by atoms with E-state index in [1.165, 1.54) is 0 Å². The zero-order valence-corrected chi connectivity index (χ0v) is 14.3. The molecule has 0 aromatic carbocycles. The van der Waals surface area contributed by atoms with E-state index in [0.717, 1.165) is 43.5 Å². The van der Waals surface area contributed by atoms with Crippen molar-refractivity contribution in [2.75, 3.05) is 6.54 Å². The second-order valence-corrected chi connectivity index (χ2v) is 6.30. The van der Waals surface area contributed by atoms with Gasteiger partial charge in [-0.15, -0.1) is 10.2 Å². The molecule has 3 aromatic rings. The van der Waals surface area contributed by atoms with Gasteiger partial charge in [0.15, 0.2) is 0 Å². The number of pyridine rings is 2. The smallest absolute Gasteiger partial charge is 0.311 e. The van der Waals surface area contributed by atoms with Crippen molar-refractivity contribution in [1.29, 1.82) is 0 Å². The molecule has 1 fully saturated rings. The maximum atomic E-state index is 12.8. The summed E-state index contributed by atoms with van der Waals surface area (Å²) in [7, 11) is 0. The zero-order chi connectivity index (χ0) is 17.8. The van der Waals surface area contributed by atoms with Crippen LogP contribution in [0.1, 0.15) is 35.6 Å². The number of carbonyl (C=O) groups is 1. The van der Waals surface area contributed by atoms with E-state index in [9.17, 15) is 4.79 Å². The molecule has 0 radical (unpaired) electrons. The highest BCUT2D eigenvalue weighted by atomic mass is 16.4. The lowest BCUT2D eigenvalue weighted by Gasteiger charge is -2.23. The Hall–Kier alpha value is -3.09. The number of carbonyl (C=O) groups excluding carboxylic acids is 1. The van der Waals surface area contributed by atoms with Crippen molar-refractivity contribution < 1.29 is 9.21 Å². The molecule has 1 saturated heterocycles. The number of hydrogen-bond donors (Lipinski definition) is 0. The van der Waals surface area contributed by atoms with Gasteiger partial charge in [-0.3, -0.25) is 14.8 Å². The molecule has 0 saturated carbocycles. The van der Waals surface area contributed by atoms with Crippen LogP contribution < -0.4 is 0 Å². The van der Waals surface area contributed by atoms with E-state index in [-0.39, 0.29) is 17.8 Å². The molecule has 1 atom stereocenters. The fourth-order valence-corrected chi connectivity index (χ4v) is 3.31. The standard InChI is InChI=1S/C19H19N5O2/c25-19(18-23-22-17(26-18)14-8-11-20-12-9-14)24-13-3-5-16(24)7-6-15-4-1-2-10-21-15/h1-2,4,8-12,16H,3,5-7,13H2/t16-/m0/s1. The van der Waals surface area contributed by atoms with Crippen molar-refractivity contribution >= 4 is 5.91 Å². The van der Waals surface area contributed by atoms with E-state index in [2.05, 4.69) is 20.2 Å². The van der Waals surface area contributed by atoms with E-state index in [1.54, 1.807) is 30.7 Å². The highest BCUT2D eigenvalue weighted by Crippen LogP contribution is 2.24. The van der Waals surface area contributed by atoms with E-state index in [0.29, 0.717) is 5.89 Å². The molecule has 3 aromatic heterocycles. The summed E-state index contributed by atoms with van der Waals surface area (Å²) in [6.07, 6.45) is 8.81. The Morgan fingerprint density at radius 2 is 2.04 bits per heavy atom. The highest BCUT2D eigenvalue weighted by molar-refractivity contribution is 5.90. The van der Waals surface area contributed by atoms with Crippen molar-refractivity contribution in [1.82, 2.24) is 25.1 Å². The van der Waals surface area contributed by atoms with Gasteiger partial charge in [0.2, 0.25) is 5.89 Å². The van der Waals surface area contributed by atoms with Crippen LogP contribution in [0.5, 0.6) is 0 Å². The number of aromatic nitrogens is 4. The van der Waals surface area contributed by atoms with Gasteiger partial charge in [0.05, 0.1) is 0 Å². The van der Waals surface area contributed by atoms with Crippen molar-refractivity contribution in [3.05, 3.63) is 60.5 Å². The molecule has 0 bridgehead atoms. The number of amides is 1. The molecule has 1 amide bonds. The summed E-state index contributed by atoms with van der Waals surface area (Å²) < 4.78 is 5.60. The monoisotopic (exact) mass is 349 g/mol. The van der Waals surface area contributed by atoms with Gasteiger partial charge in [-0.05, 0) is 49.9 Å². The molecule has 7 heteroatoms. The number of nitrogens with zero attached hydrogens (tertiary/aromatic N) is 5. The summed E-state index contributed by atoms with van der Waals surface area (Å²) in [5.41, 5.74) is 1.80. The fraction of sp³-hybridized carbons (Fsp3) is 0.316. The molecular weight excluding hydrogens is 330 g/mol. The first kappa shape index (κ1) is 16.4. The van der Waals surface area contributed by atoms with Crippen molar-refractivity contribution in [2.24, 2.45) is 0 Å². The molecule has 0 N–H and O–H groups in total. The molecule has 1 aliphatic rings. The summed E-state index contributed by atoms with van der Waals surface area (Å²) in [5, 5.41) is 7.94. The molecular formula is C19H19N5O2. The molecule has 132 valence electrons. The van der Waals surface area contributed by atoms with E-state index < -0.39 is 0 Å². The highest BCUT2D eigenvalue weighted by Gasteiger charge is 2.32. The Kier molecular flexibility index (Phi) is 4.68. The van der Waals surface area contributed by atoms with Crippen LogP contribution in [-0.4, -0.2) is 43.6 Å². The number of hydrogen-bond acceptors (Lipinski definition) is 6. The third-order valence-corrected chi connectivity index (χ3v) is 4.63. The third-order valence-electron chi connectivity index (χ3n) is 4.63. The summed E-state index contributed by atoms with van der Waals surface area (Å²) in [6, 6.07) is 9.63. The minimum absolute atomic E-state index is 0.0431. The first-order chi connectivity index (χ1) is 12.8. The normalized spacial score (nSPS) is 16.8. The third kappa shape index (κ3) is 3.46. The number of rotatable bonds is 5. The van der Waals surface area contributed by atoms with E-state index >= 15 is 0 Å². The molecule has 4 heterocycles. The second kappa shape index (κ2) is 7.43. The van der Waals surface area contributed by atoms with Crippen molar-refractivity contribution in [3.63, 3.8) is 0 Å². The lowest BCUT2D eigenvalue weighted by molar-refractivity contribution is 0.0690. The number of aryl methyl sites for hydroxylation is 1. The van der Waals surface area contributed by atoms with Crippen molar-refractivity contribution in [2.45, 2.75) is 31.7 Å². The lowest BCUT2D eigenvalue weighted by atomic mass is 10.1. The SMILES string of the molecule is O=C(c1nnc(-c2ccncc2)o1)N1CCC[C@H]1CCc1ccccn1. The molecule has 7 nitrogen and oxygen atoms in total. The predicted molar refractivity (Wildman–Crippen MR) is 94.1 cm³/mol. The summed E-state index contributed by atoms with van der Waals surface area (Å²) in [6.45, 7) is 0.721. The van der Waals surface area contributed by atoms with Gasteiger partial charge in [0, 0.05) is 42.4 Å². The Labute approximate surface area is 151 Å². The number of likely N-dealkylation sites (tertiary alicyclic amines) is 1. The van der Waals surface area contributed by atoms with Gasteiger partial charge in [-0.1, -0.05) is 6.07 Å². The fourth-order valence-electron chi connectivity index (χ4n) is 3.31. The zero-order valence-electron chi connectivity index (χ0n) is 14.3. The molecule has 0 unspecified atom stereocenters. The van der Waals surface area contributed by atoms with Crippen LogP contribution in [0.25, 0.3) is 11.5 Å². The van der Waals surface area contributed by atoms with Crippen LogP contribution in [0.2, 0.25) is 0 Å². The first-order valence-corrected chi connectivity index (χ1v) is 8.76. The Morgan fingerprint density at radius 3 is 2.85 bits per heavy atom. The van der Waals surface area contributed by atoms with E-state index in [1.807, 2.05) is 23.1 Å². The maximum Gasteiger partial charge on any atom is 0.311 e. The molecule has 4 rings (SSSR count). The summed E-state index contributed by atoms with van der Waals surface area (Å²) >= 11 is 0. The first-order valence-electron chi connectivity index (χ1n) is 8.76. The van der Waals surface area contributed by atoms with E-state index in [4.69, 9.17) is 4.42 Å². The largest absolute Gasteiger partial charge is 0.412 e. The lowest BCUT2D eigenvalue weighted by Crippen LogP contribution is -2.36. The van der Waals surface area contributed by atoms with Gasteiger partial charge >= 0.3 is 11.8 Å². The van der Waals surface area contributed by atoms with Crippen LogP contribution in [0.15, 0.2) is 53.3 Å². The van der Waals surface area contributed by atoms with Crippen LogP contribution in [0, 0.1) is 0 Å². The topological polar surface area (TPSA) is 85.0 Å². The quantitative estimate of drug-likeness (QED) is 0.704. The molecule has 26 heavy (non-hydrogen) atoms. The van der Waals surface area contributed by atoms with Gasteiger partial charge in [-0.25, -0.2) is 0 Å². The van der Waals surface area contributed by atoms with Crippen LogP contribution in [0.4, 0.5) is 0 Å². The second-order valence-electron chi connectivity index (χ2n) is 6.30. The van der Waals surface area contributed by atoms with Crippen LogP contribution in [0.3, 0.4) is 0 Å². The van der Waals surface area contributed by atoms with Gasteiger partial charge in [0.1, 0.15) is 0 Å².